The van der Waals surface area contributed by atoms with Gasteiger partial charge in [0.1, 0.15) is 5.75 Å². The van der Waals surface area contributed by atoms with Crippen LogP contribution in [0.25, 0.3) is 0 Å². The molecule has 0 aliphatic carbocycles. The van der Waals surface area contributed by atoms with Crippen LogP contribution in [0.1, 0.15) is 19.4 Å². The predicted octanol–water partition coefficient (Wildman–Crippen LogP) is 1.83. The zero-order valence-electron chi connectivity index (χ0n) is 11.8. The first-order chi connectivity index (χ1) is 9.05. The molecule has 0 spiro atoms. The molecule has 0 bridgehead atoms. The highest BCUT2D eigenvalue weighted by molar-refractivity contribution is 5.87. The third-order valence-electron chi connectivity index (χ3n) is 3.64. The maximum absolute atomic E-state index is 12.6. The first-order valence-corrected chi connectivity index (χ1v) is 6.57. The van der Waals surface area contributed by atoms with Gasteiger partial charge in [0, 0.05) is 13.1 Å². The van der Waals surface area contributed by atoms with Gasteiger partial charge in [-0.15, -0.1) is 0 Å². The zero-order valence-corrected chi connectivity index (χ0v) is 11.8. The number of methoxy groups -OCH3 is 1. The molecule has 1 amide bonds. The predicted molar refractivity (Wildman–Crippen MR) is 73.4 cm³/mol. The highest BCUT2D eigenvalue weighted by atomic mass is 16.5. The number of hydrogen-bond acceptors (Lipinski definition) is 3. The van der Waals surface area contributed by atoms with Gasteiger partial charge in [-0.1, -0.05) is 12.1 Å². The van der Waals surface area contributed by atoms with E-state index < -0.39 is 5.41 Å². The van der Waals surface area contributed by atoms with E-state index >= 15 is 0 Å². The third-order valence-corrected chi connectivity index (χ3v) is 3.64. The molecule has 4 heteroatoms. The summed E-state index contributed by atoms with van der Waals surface area (Å²) in [7, 11) is 1.64. The van der Waals surface area contributed by atoms with Crippen LogP contribution in [0.3, 0.4) is 0 Å². The lowest BCUT2D eigenvalue weighted by molar-refractivity contribution is -0.140. The molecule has 0 radical (unpaired) electrons. The molecule has 2 rings (SSSR count). The van der Waals surface area contributed by atoms with Gasteiger partial charge in [-0.3, -0.25) is 4.79 Å². The second-order valence-electron chi connectivity index (χ2n) is 5.26. The number of benzene rings is 1. The van der Waals surface area contributed by atoms with Crippen LogP contribution in [0.4, 0.5) is 0 Å². The lowest BCUT2D eigenvalue weighted by Gasteiger charge is -2.34. The Labute approximate surface area is 114 Å². The van der Waals surface area contributed by atoms with Gasteiger partial charge in [0.05, 0.1) is 25.7 Å². The van der Waals surface area contributed by atoms with Crippen LogP contribution in [0, 0.1) is 0 Å². The molecule has 1 saturated heterocycles. The topological polar surface area (TPSA) is 38.8 Å². The van der Waals surface area contributed by atoms with Crippen LogP contribution in [0.2, 0.25) is 0 Å². The molecule has 1 aliphatic rings. The van der Waals surface area contributed by atoms with Gasteiger partial charge in [-0.25, -0.2) is 0 Å². The Morgan fingerprint density at radius 1 is 1.21 bits per heavy atom. The fraction of sp³-hybridized carbons (Fsp3) is 0.533. The first-order valence-electron chi connectivity index (χ1n) is 6.57. The quantitative estimate of drug-likeness (QED) is 0.835. The number of rotatable bonds is 3. The van der Waals surface area contributed by atoms with Crippen LogP contribution in [-0.2, 0) is 14.9 Å². The highest BCUT2D eigenvalue weighted by Crippen LogP contribution is 2.27. The maximum atomic E-state index is 12.6. The molecular formula is C15H21NO3. The van der Waals surface area contributed by atoms with Crippen molar-refractivity contribution in [1.29, 1.82) is 0 Å². The van der Waals surface area contributed by atoms with E-state index in [1.807, 2.05) is 43.0 Å². The van der Waals surface area contributed by atoms with Crippen molar-refractivity contribution < 1.29 is 14.3 Å². The van der Waals surface area contributed by atoms with E-state index in [0.717, 1.165) is 11.3 Å². The summed E-state index contributed by atoms with van der Waals surface area (Å²) in [6.07, 6.45) is 0. The second kappa shape index (κ2) is 5.61. The van der Waals surface area contributed by atoms with Gasteiger partial charge in [0.25, 0.3) is 0 Å². The summed E-state index contributed by atoms with van der Waals surface area (Å²) in [5.74, 6) is 0.958. The van der Waals surface area contributed by atoms with Crippen LogP contribution in [-0.4, -0.2) is 44.2 Å². The van der Waals surface area contributed by atoms with Gasteiger partial charge in [-0.2, -0.15) is 0 Å². The van der Waals surface area contributed by atoms with Gasteiger partial charge in [0.2, 0.25) is 5.91 Å². The number of carbonyl (C=O) groups excluding carboxylic acids is 1. The minimum Gasteiger partial charge on any atom is -0.497 e. The average molecular weight is 263 g/mol. The molecule has 0 unspecified atom stereocenters. The van der Waals surface area contributed by atoms with Crippen LogP contribution >= 0.6 is 0 Å². The Balaban J connectivity index is 2.17. The number of amides is 1. The van der Waals surface area contributed by atoms with E-state index in [4.69, 9.17) is 9.47 Å². The number of ether oxygens (including phenoxy) is 2. The van der Waals surface area contributed by atoms with Crippen molar-refractivity contribution in [2.24, 2.45) is 0 Å². The molecule has 1 aromatic carbocycles. The standard InChI is InChI=1S/C15H21NO3/c1-15(2,12-4-6-13(18-3)7-5-12)14(17)16-8-10-19-11-9-16/h4-7H,8-11H2,1-3H3. The lowest BCUT2D eigenvalue weighted by atomic mass is 9.83. The number of morpholine rings is 1. The Kier molecular flexibility index (Phi) is 4.10. The van der Waals surface area contributed by atoms with E-state index in [-0.39, 0.29) is 5.91 Å². The van der Waals surface area contributed by atoms with Crippen LogP contribution < -0.4 is 4.74 Å². The van der Waals surface area contributed by atoms with Crippen molar-refractivity contribution in [3.63, 3.8) is 0 Å². The van der Waals surface area contributed by atoms with Crippen molar-refractivity contribution in [2.75, 3.05) is 33.4 Å². The zero-order chi connectivity index (χ0) is 13.9. The number of hydrogen-bond donors (Lipinski definition) is 0. The Morgan fingerprint density at radius 3 is 2.32 bits per heavy atom. The molecular weight excluding hydrogens is 242 g/mol. The largest absolute Gasteiger partial charge is 0.497 e. The van der Waals surface area contributed by atoms with Gasteiger partial charge >= 0.3 is 0 Å². The smallest absolute Gasteiger partial charge is 0.232 e. The van der Waals surface area contributed by atoms with Gasteiger partial charge < -0.3 is 14.4 Å². The van der Waals surface area contributed by atoms with Gasteiger partial charge in [-0.05, 0) is 31.5 Å². The summed E-state index contributed by atoms with van der Waals surface area (Å²) >= 11 is 0. The fourth-order valence-corrected chi connectivity index (χ4v) is 2.29. The molecule has 1 heterocycles. The van der Waals surface area contributed by atoms with Crippen LogP contribution in [0.5, 0.6) is 5.75 Å². The van der Waals surface area contributed by atoms with Crippen LogP contribution in [0.15, 0.2) is 24.3 Å². The van der Waals surface area contributed by atoms with E-state index in [9.17, 15) is 4.79 Å². The summed E-state index contributed by atoms with van der Waals surface area (Å²) in [6.45, 7) is 6.55. The molecule has 19 heavy (non-hydrogen) atoms. The molecule has 0 saturated carbocycles. The molecule has 104 valence electrons. The van der Waals surface area contributed by atoms with Crippen molar-refractivity contribution in [1.82, 2.24) is 4.90 Å². The molecule has 0 N–H and O–H groups in total. The molecule has 1 aliphatic heterocycles. The summed E-state index contributed by atoms with van der Waals surface area (Å²) in [4.78, 5) is 14.5. The number of nitrogens with zero attached hydrogens (tertiary/aromatic N) is 1. The molecule has 4 nitrogen and oxygen atoms in total. The fourth-order valence-electron chi connectivity index (χ4n) is 2.29. The van der Waals surface area contributed by atoms with Crippen molar-refractivity contribution in [3.8, 4) is 5.75 Å². The summed E-state index contributed by atoms with van der Waals surface area (Å²) in [6, 6.07) is 7.70. The van der Waals surface area contributed by atoms with Crippen molar-refractivity contribution in [3.05, 3.63) is 29.8 Å². The van der Waals surface area contributed by atoms with Crippen molar-refractivity contribution >= 4 is 5.91 Å². The Hall–Kier alpha value is -1.55. The molecule has 1 fully saturated rings. The molecule has 0 atom stereocenters. The Bertz CT molecular complexity index is 433. The number of carbonyl (C=O) groups is 1. The monoisotopic (exact) mass is 263 g/mol. The Morgan fingerprint density at radius 2 is 1.79 bits per heavy atom. The third kappa shape index (κ3) is 2.89. The van der Waals surface area contributed by atoms with E-state index in [1.165, 1.54) is 0 Å². The summed E-state index contributed by atoms with van der Waals surface area (Å²) in [5.41, 5.74) is 0.480. The van der Waals surface area contributed by atoms with E-state index in [2.05, 4.69) is 0 Å². The maximum Gasteiger partial charge on any atom is 0.232 e. The van der Waals surface area contributed by atoms with E-state index in [1.54, 1.807) is 7.11 Å². The summed E-state index contributed by atoms with van der Waals surface area (Å²) < 4.78 is 10.4. The molecule has 1 aromatic rings. The first kappa shape index (κ1) is 13.9. The minimum atomic E-state index is -0.524. The average Bonchev–Trinajstić information content (AvgIpc) is 2.47. The lowest BCUT2D eigenvalue weighted by Crippen LogP contribution is -2.48. The second-order valence-corrected chi connectivity index (χ2v) is 5.26. The molecule has 0 aromatic heterocycles. The van der Waals surface area contributed by atoms with Crippen molar-refractivity contribution in [2.45, 2.75) is 19.3 Å². The SMILES string of the molecule is COc1ccc(C(C)(C)C(=O)N2CCOCC2)cc1. The van der Waals surface area contributed by atoms with E-state index in [0.29, 0.717) is 26.3 Å². The summed E-state index contributed by atoms with van der Waals surface area (Å²) in [5, 5.41) is 0. The normalized spacial score (nSPS) is 16.3. The minimum absolute atomic E-state index is 0.154. The highest BCUT2D eigenvalue weighted by Gasteiger charge is 2.34. The van der Waals surface area contributed by atoms with Gasteiger partial charge in [0.15, 0.2) is 0 Å².